The SMILES string of the molecule is CCCCCCCCCCCCCCCCCCOCC(COP(=O)(O)OC=C1CCCC[N+]1(C)C)OC(C)=O. The van der Waals surface area contributed by atoms with Crippen molar-refractivity contribution in [2.45, 2.75) is 142 Å². The predicted octanol–water partition coefficient (Wildman–Crippen LogP) is 8.43. The number of esters is 1. The van der Waals surface area contributed by atoms with Crippen LogP contribution in [0.15, 0.2) is 12.0 Å². The molecule has 1 aliphatic rings. The molecule has 236 valence electrons. The molecule has 40 heavy (non-hydrogen) atoms. The van der Waals surface area contributed by atoms with Gasteiger partial charge in [-0.25, -0.2) is 4.57 Å². The summed E-state index contributed by atoms with van der Waals surface area (Å²) < 4.78 is 34.1. The molecule has 0 aromatic heterocycles. The minimum Gasteiger partial charge on any atom is -0.458 e. The number of unbranched alkanes of at least 4 members (excludes halogenated alkanes) is 15. The molecule has 0 aromatic carbocycles. The van der Waals surface area contributed by atoms with Crippen molar-refractivity contribution in [1.29, 1.82) is 0 Å². The molecule has 0 spiro atoms. The molecule has 1 heterocycles. The highest BCUT2D eigenvalue weighted by Crippen LogP contribution is 2.44. The number of quaternary nitrogens is 1. The number of likely N-dealkylation sites (tertiary alicyclic amines) is 1. The quantitative estimate of drug-likeness (QED) is 0.0375. The number of allylic oxidation sites excluding steroid dienone is 1. The predicted molar refractivity (Wildman–Crippen MR) is 162 cm³/mol. The van der Waals surface area contributed by atoms with Crippen LogP contribution in [0.4, 0.5) is 0 Å². The van der Waals surface area contributed by atoms with Gasteiger partial charge in [-0.15, -0.1) is 0 Å². The van der Waals surface area contributed by atoms with Crippen molar-refractivity contribution >= 4 is 13.8 Å². The van der Waals surface area contributed by atoms with E-state index in [1.807, 2.05) is 14.1 Å². The van der Waals surface area contributed by atoms with E-state index in [9.17, 15) is 14.3 Å². The zero-order valence-corrected chi connectivity index (χ0v) is 27.1. The van der Waals surface area contributed by atoms with Crippen molar-refractivity contribution in [3.05, 3.63) is 12.0 Å². The van der Waals surface area contributed by atoms with Crippen LogP contribution in [0.1, 0.15) is 136 Å². The Morgan fingerprint density at radius 1 is 0.875 bits per heavy atom. The molecule has 2 atom stereocenters. The van der Waals surface area contributed by atoms with Crippen molar-refractivity contribution in [3.8, 4) is 0 Å². The molecule has 0 bridgehead atoms. The summed E-state index contributed by atoms with van der Waals surface area (Å²) in [5.41, 5.74) is 0.947. The lowest BCUT2D eigenvalue weighted by Gasteiger charge is -2.35. The summed E-state index contributed by atoms with van der Waals surface area (Å²) in [6, 6.07) is 0. The standard InChI is InChI=1S/C31H60NO7P/c1-5-6-7-8-9-10-11-12-13-14-15-16-17-18-19-22-25-36-27-31(39-29(2)33)28-38-40(34,35)37-26-30-23-20-21-24-32(30,3)4/h26,31H,5-25,27-28H2,1-4H3/p+1. The van der Waals surface area contributed by atoms with Gasteiger partial charge in [0.05, 0.1) is 33.9 Å². The number of hydrogen-bond donors (Lipinski definition) is 1. The summed E-state index contributed by atoms with van der Waals surface area (Å²) >= 11 is 0. The number of piperidine rings is 1. The number of phosphoric ester groups is 1. The molecule has 0 saturated carbocycles. The minimum atomic E-state index is -4.32. The molecule has 8 nitrogen and oxygen atoms in total. The molecule has 1 aliphatic heterocycles. The number of rotatable bonds is 25. The highest BCUT2D eigenvalue weighted by atomic mass is 31.2. The number of carbonyl (C=O) groups is 1. The van der Waals surface area contributed by atoms with Crippen LogP contribution in [0, 0.1) is 0 Å². The van der Waals surface area contributed by atoms with Crippen LogP contribution in [0.2, 0.25) is 0 Å². The van der Waals surface area contributed by atoms with Crippen molar-refractivity contribution in [2.24, 2.45) is 0 Å². The maximum Gasteiger partial charge on any atom is 0.527 e. The Labute approximate surface area is 245 Å². The first-order valence-electron chi connectivity index (χ1n) is 16.1. The fraction of sp³-hybridized carbons (Fsp3) is 0.903. The molecule has 1 rings (SSSR count). The maximum absolute atomic E-state index is 12.4. The molecule has 2 unspecified atom stereocenters. The van der Waals surface area contributed by atoms with Crippen LogP contribution in [0.25, 0.3) is 0 Å². The van der Waals surface area contributed by atoms with Gasteiger partial charge in [-0.05, 0) is 19.3 Å². The van der Waals surface area contributed by atoms with Crippen LogP contribution in [0.3, 0.4) is 0 Å². The van der Waals surface area contributed by atoms with Gasteiger partial charge in [-0.1, -0.05) is 103 Å². The van der Waals surface area contributed by atoms with Crippen molar-refractivity contribution < 1.29 is 37.3 Å². The normalized spacial score (nSPS) is 18.4. The highest BCUT2D eigenvalue weighted by molar-refractivity contribution is 7.47. The Balaban J connectivity index is 2.08. The molecule has 1 saturated heterocycles. The van der Waals surface area contributed by atoms with Gasteiger partial charge in [0.1, 0.15) is 11.8 Å². The van der Waals surface area contributed by atoms with Crippen LogP contribution >= 0.6 is 7.82 Å². The third-order valence-electron chi connectivity index (χ3n) is 7.70. The van der Waals surface area contributed by atoms with E-state index >= 15 is 0 Å². The second-order valence-electron chi connectivity index (χ2n) is 12.0. The molecule has 9 heteroatoms. The lowest BCUT2D eigenvalue weighted by Crippen LogP contribution is -2.41. The summed E-state index contributed by atoms with van der Waals surface area (Å²) in [5.74, 6) is -0.489. The lowest BCUT2D eigenvalue weighted by atomic mass is 10.0. The number of nitrogens with zero attached hydrogens (tertiary/aromatic N) is 1. The number of phosphoric acid groups is 1. The van der Waals surface area contributed by atoms with E-state index in [0.29, 0.717) is 11.1 Å². The van der Waals surface area contributed by atoms with Crippen LogP contribution in [-0.4, -0.2) is 61.9 Å². The molecule has 0 aliphatic carbocycles. The summed E-state index contributed by atoms with van der Waals surface area (Å²) in [5, 5.41) is 0. The first kappa shape index (κ1) is 37.1. The number of hydrogen-bond acceptors (Lipinski definition) is 6. The van der Waals surface area contributed by atoms with Gasteiger partial charge < -0.3 is 14.0 Å². The summed E-state index contributed by atoms with van der Waals surface area (Å²) in [6.45, 7) is 4.92. The lowest BCUT2D eigenvalue weighted by molar-refractivity contribution is -0.858. The van der Waals surface area contributed by atoms with E-state index in [0.717, 1.165) is 44.3 Å². The van der Waals surface area contributed by atoms with E-state index in [2.05, 4.69) is 6.92 Å². The van der Waals surface area contributed by atoms with Crippen molar-refractivity contribution in [2.75, 3.05) is 40.5 Å². The first-order chi connectivity index (χ1) is 19.2. The molecule has 0 amide bonds. The zero-order chi connectivity index (χ0) is 29.5. The average Bonchev–Trinajstić information content (AvgIpc) is 2.90. The molecular formula is C31H61NO7P+. The molecular weight excluding hydrogens is 529 g/mol. The maximum atomic E-state index is 12.4. The van der Waals surface area contributed by atoms with Gasteiger partial charge in [0.2, 0.25) is 0 Å². The largest absolute Gasteiger partial charge is 0.527 e. The Bertz CT molecular complexity index is 728. The smallest absolute Gasteiger partial charge is 0.458 e. The zero-order valence-electron chi connectivity index (χ0n) is 26.2. The fourth-order valence-corrected chi connectivity index (χ4v) is 5.78. The van der Waals surface area contributed by atoms with Crippen LogP contribution < -0.4 is 0 Å². The van der Waals surface area contributed by atoms with Crippen molar-refractivity contribution in [1.82, 2.24) is 0 Å². The second-order valence-corrected chi connectivity index (χ2v) is 13.4. The third kappa shape index (κ3) is 20.0. The van der Waals surface area contributed by atoms with Gasteiger partial charge in [-0.2, -0.15) is 0 Å². The van der Waals surface area contributed by atoms with Gasteiger partial charge >= 0.3 is 13.8 Å². The Morgan fingerprint density at radius 3 is 1.90 bits per heavy atom. The molecule has 1 fully saturated rings. The third-order valence-corrected chi connectivity index (χ3v) is 8.55. The van der Waals surface area contributed by atoms with Crippen LogP contribution in [0.5, 0.6) is 0 Å². The van der Waals surface area contributed by atoms with Gasteiger partial charge in [0.25, 0.3) is 0 Å². The minimum absolute atomic E-state index is 0.114. The van der Waals surface area contributed by atoms with E-state index < -0.39 is 19.9 Å². The van der Waals surface area contributed by atoms with E-state index in [-0.39, 0.29) is 13.2 Å². The second kappa shape index (κ2) is 22.6. The van der Waals surface area contributed by atoms with Gasteiger partial charge in [0.15, 0.2) is 6.26 Å². The Hall–Kier alpha value is -0.920. The van der Waals surface area contributed by atoms with E-state index in [1.165, 1.54) is 103 Å². The topological polar surface area (TPSA) is 91.3 Å². The molecule has 0 aromatic rings. The Morgan fingerprint density at radius 2 is 1.40 bits per heavy atom. The van der Waals surface area contributed by atoms with Crippen molar-refractivity contribution in [3.63, 3.8) is 0 Å². The summed E-state index contributed by atoms with van der Waals surface area (Å²) in [6.07, 6.45) is 24.6. The molecule has 0 radical (unpaired) electrons. The first-order valence-corrected chi connectivity index (χ1v) is 17.6. The number of ether oxygens (including phenoxy) is 2. The monoisotopic (exact) mass is 590 g/mol. The number of carbonyl (C=O) groups excluding carboxylic acids is 1. The van der Waals surface area contributed by atoms with E-state index in [1.54, 1.807) is 0 Å². The fourth-order valence-electron chi connectivity index (χ4n) is 5.11. The summed E-state index contributed by atoms with van der Waals surface area (Å²) in [7, 11) is -0.231. The Kier molecular flexibility index (Phi) is 21.0. The van der Waals surface area contributed by atoms with Gasteiger partial charge in [0, 0.05) is 20.0 Å². The highest BCUT2D eigenvalue weighted by Gasteiger charge is 2.30. The van der Waals surface area contributed by atoms with Crippen LogP contribution in [-0.2, 0) is 27.9 Å². The molecule has 1 N–H and O–H groups in total. The van der Waals surface area contributed by atoms with Gasteiger partial charge in [-0.3, -0.25) is 18.7 Å². The summed E-state index contributed by atoms with van der Waals surface area (Å²) in [4.78, 5) is 21.6. The average molecular weight is 591 g/mol. The van der Waals surface area contributed by atoms with E-state index in [4.69, 9.17) is 18.5 Å².